The Kier molecular flexibility index (Phi) is 4.41. The Hall–Kier alpha value is -1.48. The van der Waals surface area contributed by atoms with Gasteiger partial charge in [-0.05, 0) is 50.3 Å². The minimum Gasteiger partial charge on any atom is -0.507 e. The van der Waals surface area contributed by atoms with Crippen molar-refractivity contribution < 1.29 is 14.9 Å². The first kappa shape index (κ1) is 16.4. The van der Waals surface area contributed by atoms with E-state index in [1.165, 1.54) is 18.4 Å². The summed E-state index contributed by atoms with van der Waals surface area (Å²) in [6.45, 7) is 6.06. The minimum absolute atomic E-state index is 0.00413. The molecule has 1 aliphatic carbocycles. The highest BCUT2D eigenvalue weighted by Crippen LogP contribution is 2.52. The Bertz CT molecular complexity index is 616. The van der Waals surface area contributed by atoms with Gasteiger partial charge in [-0.2, -0.15) is 0 Å². The van der Waals surface area contributed by atoms with Gasteiger partial charge in [-0.3, -0.25) is 0 Å². The number of hydrogen-bond donors (Lipinski definition) is 2. The van der Waals surface area contributed by atoms with Gasteiger partial charge in [-0.1, -0.05) is 31.4 Å². The predicted molar refractivity (Wildman–Crippen MR) is 91.8 cm³/mol. The summed E-state index contributed by atoms with van der Waals surface area (Å²) in [6, 6.07) is 3.89. The molecule has 3 nitrogen and oxygen atoms in total. The van der Waals surface area contributed by atoms with Crippen molar-refractivity contribution in [2.45, 2.75) is 71.0 Å². The van der Waals surface area contributed by atoms with E-state index in [9.17, 15) is 10.2 Å². The third-order valence-corrected chi connectivity index (χ3v) is 5.33. The number of hydrogen-bond acceptors (Lipinski definition) is 3. The number of phenolic OH excluding ortho intramolecular Hbond substituents is 1. The van der Waals surface area contributed by atoms with Gasteiger partial charge in [0, 0.05) is 24.3 Å². The molecule has 0 saturated heterocycles. The van der Waals surface area contributed by atoms with Gasteiger partial charge in [0.1, 0.15) is 11.5 Å². The molecule has 0 fully saturated rings. The maximum atomic E-state index is 10.8. The highest BCUT2D eigenvalue weighted by Gasteiger charge is 2.47. The summed E-state index contributed by atoms with van der Waals surface area (Å²) in [5.41, 5.74) is 3.25. The summed E-state index contributed by atoms with van der Waals surface area (Å²) in [6.07, 6.45) is 8.46. The molecule has 1 heterocycles. The van der Waals surface area contributed by atoms with Gasteiger partial charge >= 0.3 is 0 Å². The quantitative estimate of drug-likeness (QED) is 0.627. The number of phenols is 1. The Morgan fingerprint density at radius 1 is 1.30 bits per heavy atom. The fraction of sp³-hybridized carbons (Fsp3) is 0.600. The second-order valence-electron chi connectivity index (χ2n) is 7.32. The van der Waals surface area contributed by atoms with Crippen molar-refractivity contribution in [2.75, 3.05) is 0 Å². The van der Waals surface area contributed by atoms with Crippen molar-refractivity contribution in [3.63, 3.8) is 0 Å². The lowest BCUT2D eigenvalue weighted by molar-refractivity contribution is -0.179. The summed E-state index contributed by atoms with van der Waals surface area (Å²) in [5, 5.41) is 21.4. The maximum absolute atomic E-state index is 10.8. The summed E-state index contributed by atoms with van der Waals surface area (Å²) in [5.74, 6) is -0.189. The van der Waals surface area contributed by atoms with Crippen LogP contribution in [0.2, 0.25) is 0 Å². The van der Waals surface area contributed by atoms with Crippen LogP contribution in [0.3, 0.4) is 0 Å². The molecule has 3 unspecified atom stereocenters. The first-order valence-electron chi connectivity index (χ1n) is 8.87. The normalized spacial score (nSPS) is 29.3. The Labute approximate surface area is 139 Å². The summed E-state index contributed by atoms with van der Waals surface area (Å²) in [7, 11) is 0. The smallest absolute Gasteiger partial charge is 0.209 e. The lowest BCUT2D eigenvalue weighted by atomic mass is 9.71. The number of unbranched alkanes of at least 4 members (excludes halogenated alkanes) is 2. The lowest BCUT2D eigenvalue weighted by Gasteiger charge is -2.45. The van der Waals surface area contributed by atoms with Crippen LogP contribution in [-0.4, -0.2) is 16.0 Å². The van der Waals surface area contributed by atoms with Crippen LogP contribution in [0.4, 0.5) is 0 Å². The lowest BCUT2D eigenvalue weighted by Crippen LogP contribution is -2.47. The van der Waals surface area contributed by atoms with Gasteiger partial charge in [0.05, 0.1) is 0 Å². The summed E-state index contributed by atoms with van der Waals surface area (Å²) in [4.78, 5) is 0. The number of allylic oxidation sites excluding steroid dienone is 2. The molecule has 23 heavy (non-hydrogen) atoms. The third-order valence-electron chi connectivity index (χ3n) is 5.33. The topological polar surface area (TPSA) is 49.7 Å². The number of aryl methyl sites for hydroxylation is 1. The molecule has 1 aromatic rings. The van der Waals surface area contributed by atoms with Crippen LogP contribution in [0.25, 0.3) is 0 Å². The molecular formula is C20H28O3. The highest BCUT2D eigenvalue weighted by atomic mass is 16.6. The molecular weight excluding hydrogens is 288 g/mol. The SMILES string of the molecule is CCCCCc1cc(O)c2c(c1)OC(C)(O)C1CCC(C)=CC21. The van der Waals surface area contributed by atoms with Crippen molar-refractivity contribution >= 4 is 0 Å². The molecule has 0 aromatic heterocycles. The van der Waals surface area contributed by atoms with Gasteiger partial charge in [0.25, 0.3) is 0 Å². The van der Waals surface area contributed by atoms with E-state index in [1.807, 2.05) is 12.1 Å². The molecule has 0 saturated carbocycles. The van der Waals surface area contributed by atoms with Crippen LogP contribution in [0.15, 0.2) is 23.8 Å². The molecule has 0 radical (unpaired) electrons. The van der Waals surface area contributed by atoms with Crippen LogP contribution in [0.5, 0.6) is 11.5 Å². The highest BCUT2D eigenvalue weighted by molar-refractivity contribution is 5.53. The summed E-state index contributed by atoms with van der Waals surface area (Å²) >= 11 is 0. The molecule has 2 aliphatic rings. The Balaban J connectivity index is 1.99. The van der Waals surface area contributed by atoms with Crippen LogP contribution < -0.4 is 4.74 Å². The average molecular weight is 316 g/mol. The molecule has 0 spiro atoms. The van der Waals surface area contributed by atoms with Gasteiger partial charge in [-0.15, -0.1) is 0 Å². The van der Waals surface area contributed by atoms with E-state index in [0.717, 1.165) is 36.8 Å². The third kappa shape index (κ3) is 3.12. The number of ether oxygens (including phenoxy) is 1. The van der Waals surface area contributed by atoms with Crippen molar-refractivity contribution in [1.82, 2.24) is 0 Å². The van der Waals surface area contributed by atoms with Gasteiger partial charge < -0.3 is 14.9 Å². The van der Waals surface area contributed by atoms with E-state index in [1.54, 1.807) is 6.92 Å². The number of fused-ring (bicyclic) bond motifs is 3. The van der Waals surface area contributed by atoms with Crippen molar-refractivity contribution in [2.24, 2.45) is 5.92 Å². The number of rotatable bonds is 4. The van der Waals surface area contributed by atoms with E-state index in [0.29, 0.717) is 11.5 Å². The predicted octanol–water partition coefficient (Wildman–Crippen LogP) is 4.67. The van der Waals surface area contributed by atoms with Crippen LogP contribution in [0, 0.1) is 5.92 Å². The van der Waals surface area contributed by atoms with Crippen molar-refractivity contribution in [3.05, 3.63) is 34.9 Å². The molecule has 0 amide bonds. The zero-order chi connectivity index (χ0) is 16.6. The van der Waals surface area contributed by atoms with E-state index in [4.69, 9.17) is 4.74 Å². The number of benzene rings is 1. The minimum atomic E-state index is -1.18. The van der Waals surface area contributed by atoms with Crippen molar-refractivity contribution in [3.8, 4) is 11.5 Å². The zero-order valence-electron chi connectivity index (χ0n) is 14.4. The fourth-order valence-electron chi connectivity index (χ4n) is 4.06. The van der Waals surface area contributed by atoms with E-state index < -0.39 is 5.79 Å². The van der Waals surface area contributed by atoms with E-state index >= 15 is 0 Å². The first-order chi connectivity index (χ1) is 10.9. The van der Waals surface area contributed by atoms with E-state index in [2.05, 4.69) is 19.9 Å². The average Bonchev–Trinajstić information content (AvgIpc) is 2.46. The molecule has 2 N–H and O–H groups in total. The Morgan fingerprint density at radius 2 is 2.09 bits per heavy atom. The molecule has 126 valence electrons. The van der Waals surface area contributed by atoms with E-state index in [-0.39, 0.29) is 11.8 Å². The first-order valence-corrected chi connectivity index (χ1v) is 8.87. The maximum Gasteiger partial charge on any atom is 0.209 e. The number of aliphatic hydroxyl groups is 1. The standard InChI is InChI=1S/C20H28O3/c1-4-5-6-7-14-11-17(21)19-15-10-13(2)8-9-16(15)20(3,22)23-18(19)12-14/h10-12,15-16,21-22H,4-9H2,1-3H3. The largest absolute Gasteiger partial charge is 0.507 e. The van der Waals surface area contributed by atoms with Crippen LogP contribution >= 0.6 is 0 Å². The number of aromatic hydroxyl groups is 1. The second-order valence-corrected chi connectivity index (χ2v) is 7.32. The zero-order valence-corrected chi connectivity index (χ0v) is 14.4. The molecule has 1 aromatic carbocycles. The van der Waals surface area contributed by atoms with Gasteiger partial charge in [0.2, 0.25) is 5.79 Å². The molecule has 3 heteroatoms. The molecule has 0 bridgehead atoms. The molecule has 1 aliphatic heterocycles. The fourth-order valence-corrected chi connectivity index (χ4v) is 4.06. The Morgan fingerprint density at radius 3 is 2.83 bits per heavy atom. The van der Waals surface area contributed by atoms with Crippen molar-refractivity contribution in [1.29, 1.82) is 0 Å². The molecule has 3 rings (SSSR count). The van der Waals surface area contributed by atoms with Gasteiger partial charge in [0.15, 0.2) is 0 Å². The summed E-state index contributed by atoms with van der Waals surface area (Å²) < 4.78 is 5.92. The monoisotopic (exact) mass is 316 g/mol. The molecule has 3 atom stereocenters. The van der Waals surface area contributed by atoms with Crippen LogP contribution in [0.1, 0.15) is 69.9 Å². The van der Waals surface area contributed by atoms with Gasteiger partial charge in [-0.25, -0.2) is 0 Å². The van der Waals surface area contributed by atoms with Crippen LogP contribution in [-0.2, 0) is 6.42 Å². The second kappa shape index (κ2) is 6.20.